The van der Waals surface area contributed by atoms with Gasteiger partial charge in [0.1, 0.15) is 0 Å². The van der Waals surface area contributed by atoms with Crippen molar-refractivity contribution < 1.29 is 23.0 Å². The predicted octanol–water partition coefficient (Wildman–Crippen LogP) is 2.74. The molecule has 0 spiro atoms. The molecule has 110 valence electrons. The highest BCUT2D eigenvalue weighted by Crippen LogP contribution is 2.51. The summed E-state index contributed by atoms with van der Waals surface area (Å²) in [5.74, 6) is 0. The first kappa shape index (κ1) is 18.4. The van der Waals surface area contributed by atoms with E-state index in [1.54, 1.807) is 14.2 Å². The van der Waals surface area contributed by atoms with E-state index in [9.17, 15) is 0 Å². The molecule has 0 saturated heterocycles. The number of rotatable bonds is 12. The Hall–Kier alpha value is 0.450. The van der Waals surface area contributed by atoms with Crippen molar-refractivity contribution in [1.29, 1.82) is 0 Å². The standard InChI is InChI=1S/C11H25O5PS/c1-5-6-11(2)16-17(18,14-9-7-12-3)15-10-8-13-4/h11H,5-10H2,1-4H3. The number of ether oxygens (including phenoxy) is 2. The van der Waals surface area contributed by atoms with Gasteiger partial charge in [-0.1, -0.05) is 13.3 Å². The fourth-order valence-electron chi connectivity index (χ4n) is 1.24. The first-order valence-corrected chi connectivity index (χ1v) is 8.69. The molecule has 0 N–H and O–H groups in total. The van der Waals surface area contributed by atoms with Crippen LogP contribution < -0.4 is 0 Å². The van der Waals surface area contributed by atoms with Crippen LogP contribution in [0.5, 0.6) is 0 Å². The molecule has 1 atom stereocenters. The smallest absolute Gasteiger partial charge is 0.327 e. The van der Waals surface area contributed by atoms with Crippen LogP contribution in [0.1, 0.15) is 26.7 Å². The van der Waals surface area contributed by atoms with Crippen molar-refractivity contribution in [2.75, 3.05) is 40.6 Å². The molecule has 0 fully saturated rings. The molecule has 0 aromatic heterocycles. The molecule has 0 aromatic carbocycles. The lowest BCUT2D eigenvalue weighted by atomic mass is 10.2. The van der Waals surface area contributed by atoms with Crippen molar-refractivity contribution in [1.82, 2.24) is 0 Å². The van der Waals surface area contributed by atoms with E-state index in [1.165, 1.54) is 0 Å². The van der Waals surface area contributed by atoms with E-state index in [1.807, 2.05) is 6.92 Å². The quantitative estimate of drug-likeness (QED) is 0.408. The maximum atomic E-state index is 5.74. The average Bonchev–Trinajstić information content (AvgIpc) is 2.30. The van der Waals surface area contributed by atoms with Crippen LogP contribution in [0, 0.1) is 0 Å². The molecule has 0 aliphatic rings. The maximum Gasteiger partial charge on any atom is 0.327 e. The van der Waals surface area contributed by atoms with Crippen LogP contribution in [0.4, 0.5) is 0 Å². The molecule has 18 heavy (non-hydrogen) atoms. The normalized spacial score (nSPS) is 13.8. The summed E-state index contributed by atoms with van der Waals surface area (Å²) in [6.07, 6.45) is 2.00. The molecule has 0 bridgehead atoms. The number of hydrogen-bond donors (Lipinski definition) is 0. The summed E-state index contributed by atoms with van der Waals surface area (Å²) >= 11 is 5.35. The van der Waals surface area contributed by atoms with Crippen LogP contribution in [0.15, 0.2) is 0 Å². The molecule has 0 aliphatic heterocycles. The summed E-state index contributed by atoms with van der Waals surface area (Å²) in [7, 11) is 3.22. The van der Waals surface area contributed by atoms with Gasteiger partial charge in [0.25, 0.3) is 0 Å². The lowest BCUT2D eigenvalue weighted by molar-refractivity contribution is 0.0752. The van der Waals surface area contributed by atoms with Gasteiger partial charge >= 0.3 is 6.72 Å². The zero-order chi connectivity index (χ0) is 13.9. The first-order chi connectivity index (χ1) is 8.58. The lowest BCUT2D eigenvalue weighted by Crippen LogP contribution is -2.13. The van der Waals surface area contributed by atoms with Crippen molar-refractivity contribution in [3.63, 3.8) is 0 Å². The zero-order valence-corrected chi connectivity index (χ0v) is 13.4. The minimum atomic E-state index is -2.69. The van der Waals surface area contributed by atoms with Gasteiger partial charge in [0.05, 0.1) is 32.5 Å². The van der Waals surface area contributed by atoms with E-state index in [0.717, 1.165) is 12.8 Å². The van der Waals surface area contributed by atoms with Gasteiger partial charge in [-0.2, -0.15) is 0 Å². The Kier molecular flexibility index (Phi) is 11.6. The van der Waals surface area contributed by atoms with Gasteiger partial charge in [-0.15, -0.1) is 0 Å². The van der Waals surface area contributed by atoms with Crippen LogP contribution in [0.25, 0.3) is 0 Å². The van der Waals surface area contributed by atoms with Crippen molar-refractivity contribution in [3.05, 3.63) is 0 Å². The highest BCUT2D eigenvalue weighted by atomic mass is 32.5. The Morgan fingerprint density at radius 3 is 1.89 bits per heavy atom. The third-order valence-electron chi connectivity index (χ3n) is 2.08. The van der Waals surface area contributed by atoms with Gasteiger partial charge in [-0.3, -0.25) is 0 Å². The molecule has 0 aliphatic carbocycles. The maximum absolute atomic E-state index is 5.74. The average molecular weight is 300 g/mol. The van der Waals surface area contributed by atoms with E-state index in [2.05, 4.69) is 6.92 Å². The minimum absolute atomic E-state index is 0.0333. The first-order valence-electron chi connectivity index (χ1n) is 6.13. The van der Waals surface area contributed by atoms with Gasteiger partial charge < -0.3 is 23.0 Å². The fraction of sp³-hybridized carbons (Fsp3) is 1.00. The Morgan fingerprint density at radius 1 is 1.00 bits per heavy atom. The number of methoxy groups -OCH3 is 2. The zero-order valence-electron chi connectivity index (χ0n) is 11.7. The van der Waals surface area contributed by atoms with E-state index in [0.29, 0.717) is 26.4 Å². The summed E-state index contributed by atoms with van der Waals surface area (Å²) in [6.45, 7) is 3.07. The van der Waals surface area contributed by atoms with E-state index in [-0.39, 0.29) is 6.10 Å². The Bertz CT molecular complexity index is 225. The largest absolute Gasteiger partial charge is 0.382 e. The second-order valence-corrected chi connectivity index (χ2v) is 6.77. The van der Waals surface area contributed by atoms with Gasteiger partial charge in [0.15, 0.2) is 0 Å². The van der Waals surface area contributed by atoms with Crippen LogP contribution >= 0.6 is 6.72 Å². The van der Waals surface area contributed by atoms with Crippen LogP contribution in [-0.4, -0.2) is 46.8 Å². The molecule has 5 nitrogen and oxygen atoms in total. The Labute approximate surface area is 115 Å². The van der Waals surface area contributed by atoms with Crippen molar-refractivity contribution in [2.45, 2.75) is 32.8 Å². The van der Waals surface area contributed by atoms with E-state index >= 15 is 0 Å². The third-order valence-corrected chi connectivity index (χ3v) is 4.58. The molecule has 0 heterocycles. The second kappa shape index (κ2) is 11.3. The second-order valence-electron chi connectivity index (χ2n) is 3.80. The van der Waals surface area contributed by atoms with Crippen LogP contribution in [0.3, 0.4) is 0 Å². The molecule has 1 unspecified atom stereocenters. The Morgan fingerprint density at radius 2 is 1.50 bits per heavy atom. The minimum Gasteiger partial charge on any atom is -0.382 e. The highest BCUT2D eigenvalue weighted by molar-refractivity contribution is 8.07. The molecule has 7 heteroatoms. The van der Waals surface area contributed by atoms with Crippen molar-refractivity contribution in [2.24, 2.45) is 0 Å². The Balaban J connectivity index is 4.24. The topological polar surface area (TPSA) is 46.2 Å². The summed E-state index contributed by atoms with van der Waals surface area (Å²) < 4.78 is 26.7. The third kappa shape index (κ3) is 9.39. The highest BCUT2D eigenvalue weighted by Gasteiger charge is 2.23. The van der Waals surface area contributed by atoms with Crippen LogP contribution in [-0.2, 0) is 34.9 Å². The van der Waals surface area contributed by atoms with Crippen LogP contribution in [0.2, 0.25) is 0 Å². The fourth-order valence-corrected chi connectivity index (χ4v) is 3.47. The van der Waals surface area contributed by atoms with Gasteiger partial charge in [0, 0.05) is 14.2 Å². The summed E-state index contributed by atoms with van der Waals surface area (Å²) in [4.78, 5) is 0. The molecule has 0 amide bonds. The monoisotopic (exact) mass is 300 g/mol. The summed E-state index contributed by atoms with van der Waals surface area (Å²) in [6, 6.07) is 0. The molecule has 0 radical (unpaired) electrons. The molecular formula is C11H25O5PS. The van der Waals surface area contributed by atoms with Gasteiger partial charge in [-0.05, 0) is 25.2 Å². The van der Waals surface area contributed by atoms with E-state index in [4.69, 9.17) is 34.9 Å². The van der Waals surface area contributed by atoms with Gasteiger partial charge in [-0.25, -0.2) is 0 Å². The molecular weight excluding hydrogens is 275 g/mol. The van der Waals surface area contributed by atoms with E-state index < -0.39 is 6.72 Å². The summed E-state index contributed by atoms with van der Waals surface area (Å²) in [5.41, 5.74) is 0. The SMILES string of the molecule is CCCC(C)OP(=S)(OCCOC)OCCOC. The molecule has 0 rings (SSSR count). The van der Waals surface area contributed by atoms with Crippen molar-refractivity contribution >= 4 is 18.5 Å². The van der Waals surface area contributed by atoms with Crippen molar-refractivity contribution in [3.8, 4) is 0 Å². The van der Waals surface area contributed by atoms with Gasteiger partial charge in [0.2, 0.25) is 0 Å². The number of hydrogen-bond acceptors (Lipinski definition) is 6. The summed E-state index contributed by atoms with van der Waals surface area (Å²) in [5, 5.41) is 0. The molecule has 0 aromatic rings. The molecule has 0 saturated carbocycles. The lowest BCUT2D eigenvalue weighted by Gasteiger charge is -2.25. The predicted molar refractivity (Wildman–Crippen MR) is 75.4 cm³/mol.